The van der Waals surface area contributed by atoms with Crippen LogP contribution >= 0.6 is 22.9 Å². The Hall–Kier alpha value is -2.67. The van der Waals surface area contributed by atoms with Crippen molar-refractivity contribution in [3.05, 3.63) is 87.1 Å². The van der Waals surface area contributed by atoms with Crippen LogP contribution in [0.3, 0.4) is 0 Å². The minimum atomic E-state index is -0.788. The molecule has 3 rings (SSSR count). The van der Waals surface area contributed by atoms with Gasteiger partial charge >= 0.3 is 11.8 Å². The lowest BCUT2D eigenvalue weighted by Gasteiger charge is -2.08. The Morgan fingerprint density at radius 1 is 0.963 bits per heavy atom. The maximum atomic E-state index is 12.0. The molecule has 1 aromatic heterocycles. The molecule has 1 unspecified atom stereocenters. The fourth-order valence-electron chi connectivity index (χ4n) is 2.43. The normalized spacial score (nSPS) is 11.6. The number of para-hydroxylation sites is 1. The van der Waals surface area contributed by atoms with Crippen molar-refractivity contribution in [2.45, 2.75) is 12.6 Å². The SMILES string of the molecule is O=C(NCc1ccc(C(O)c2ccccc2)s1)C(=O)Nc1ccccc1Cl. The zero-order valence-electron chi connectivity index (χ0n) is 14.2. The summed E-state index contributed by atoms with van der Waals surface area (Å²) in [6.07, 6.45) is -0.718. The third kappa shape index (κ3) is 4.95. The maximum Gasteiger partial charge on any atom is 0.313 e. The van der Waals surface area contributed by atoms with Crippen molar-refractivity contribution < 1.29 is 14.7 Å². The Morgan fingerprint density at radius 3 is 2.41 bits per heavy atom. The summed E-state index contributed by atoms with van der Waals surface area (Å²) in [4.78, 5) is 25.6. The fourth-order valence-corrected chi connectivity index (χ4v) is 3.58. The fraction of sp³-hybridized carbons (Fsp3) is 0.100. The number of nitrogens with one attached hydrogen (secondary N) is 2. The van der Waals surface area contributed by atoms with Crippen LogP contribution in [-0.2, 0) is 16.1 Å². The van der Waals surface area contributed by atoms with Crippen LogP contribution in [-0.4, -0.2) is 16.9 Å². The van der Waals surface area contributed by atoms with Gasteiger partial charge in [-0.15, -0.1) is 11.3 Å². The van der Waals surface area contributed by atoms with Crippen molar-refractivity contribution in [1.29, 1.82) is 0 Å². The Kier molecular flexibility index (Phi) is 6.24. The molecule has 0 saturated carbocycles. The third-order valence-corrected chi connectivity index (χ3v) is 5.29. The van der Waals surface area contributed by atoms with Gasteiger partial charge in [0.25, 0.3) is 0 Å². The average Bonchev–Trinajstić information content (AvgIpc) is 3.17. The van der Waals surface area contributed by atoms with Crippen LogP contribution in [0.5, 0.6) is 0 Å². The first kappa shape index (κ1) is 19.1. The van der Waals surface area contributed by atoms with Gasteiger partial charge < -0.3 is 15.7 Å². The molecule has 0 radical (unpaired) electrons. The van der Waals surface area contributed by atoms with Gasteiger partial charge in [-0.05, 0) is 29.8 Å². The van der Waals surface area contributed by atoms with E-state index in [-0.39, 0.29) is 6.54 Å². The first-order valence-corrected chi connectivity index (χ1v) is 9.39. The van der Waals surface area contributed by atoms with Crippen LogP contribution < -0.4 is 10.6 Å². The number of rotatable bonds is 5. The van der Waals surface area contributed by atoms with E-state index in [0.29, 0.717) is 10.7 Å². The number of amides is 2. The van der Waals surface area contributed by atoms with Gasteiger partial charge in [0.1, 0.15) is 6.10 Å². The van der Waals surface area contributed by atoms with Gasteiger partial charge in [-0.25, -0.2) is 0 Å². The van der Waals surface area contributed by atoms with Gasteiger partial charge in [0.2, 0.25) is 0 Å². The number of anilines is 1. The smallest absolute Gasteiger partial charge is 0.313 e. The number of benzene rings is 2. The Balaban J connectivity index is 1.56. The van der Waals surface area contributed by atoms with Crippen LogP contribution in [0.2, 0.25) is 5.02 Å². The first-order valence-electron chi connectivity index (χ1n) is 8.20. The zero-order valence-corrected chi connectivity index (χ0v) is 15.8. The van der Waals surface area contributed by atoms with Crippen molar-refractivity contribution in [2.24, 2.45) is 0 Å². The molecular formula is C20H17ClN2O3S. The minimum absolute atomic E-state index is 0.195. The number of halogens is 1. The maximum absolute atomic E-state index is 12.0. The van der Waals surface area contributed by atoms with E-state index in [1.807, 2.05) is 42.5 Å². The van der Waals surface area contributed by atoms with Gasteiger partial charge in [0.05, 0.1) is 17.3 Å². The van der Waals surface area contributed by atoms with Crippen molar-refractivity contribution in [3.63, 3.8) is 0 Å². The molecule has 7 heteroatoms. The van der Waals surface area contributed by atoms with Crippen LogP contribution in [0.15, 0.2) is 66.7 Å². The summed E-state index contributed by atoms with van der Waals surface area (Å²) in [5.41, 5.74) is 1.18. The number of aliphatic hydroxyl groups is 1. The number of aliphatic hydroxyl groups excluding tert-OH is 1. The highest BCUT2D eigenvalue weighted by Crippen LogP contribution is 2.28. The highest BCUT2D eigenvalue weighted by Gasteiger charge is 2.16. The van der Waals surface area contributed by atoms with E-state index in [0.717, 1.165) is 15.3 Å². The van der Waals surface area contributed by atoms with E-state index >= 15 is 0 Å². The van der Waals surface area contributed by atoms with Crippen molar-refractivity contribution in [2.75, 3.05) is 5.32 Å². The highest BCUT2D eigenvalue weighted by molar-refractivity contribution is 7.12. The molecule has 0 aliphatic rings. The molecule has 2 aromatic carbocycles. The molecule has 0 aliphatic heterocycles. The third-order valence-electron chi connectivity index (χ3n) is 3.82. The van der Waals surface area contributed by atoms with Crippen LogP contribution in [0.4, 0.5) is 5.69 Å². The van der Waals surface area contributed by atoms with Gasteiger partial charge in [0, 0.05) is 9.75 Å². The Labute approximate surface area is 165 Å². The predicted molar refractivity (Wildman–Crippen MR) is 107 cm³/mol. The van der Waals surface area contributed by atoms with Crippen molar-refractivity contribution >= 4 is 40.4 Å². The van der Waals surface area contributed by atoms with Crippen LogP contribution in [0.1, 0.15) is 21.4 Å². The van der Waals surface area contributed by atoms with E-state index < -0.39 is 17.9 Å². The molecular weight excluding hydrogens is 384 g/mol. The van der Waals surface area contributed by atoms with E-state index in [9.17, 15) is 14.7 Å². The summed E-state index contributed by atoms with van der Waals surface area (Å²) in [7, 11) is 0. The molecule has 0 spiro atoms. The standard InChI is InChI=1S/C20H17ClN2O3S/c21-15-8-4-5-9-16(15)23-20(26)19(25)22-12-14-10-11-17(27-14)18(24)13-6-2-1-3-7-13/h1-11,18,24H,12H2,(H,22,25)(H,23,26). The largest absolute Gasteiger partial charge is 0.383 e. The molecule has 0 saturated heterocycles. The number of carbonyl (C=O) groups is 2. The molecule has 0 aliphatic carbocycles. The van der Waals surface area contributed by atoms with Gasteiger partial charge in [-0.1, -0.05) is 54.1 Å². The average molecular weight is 401 g/mol. The molecule has 138 valence electrons. The number of hydrogen-bond donors (Lipinski definition) is 3. The summed E-state index contributed by atoms with van der Waals surface area (Å²) >= 11 is 7.34. The van der Waals surface area contributed by atoms with Crippen molar-refractivity contribution in [1.82, 2.24) is 5.32 Å². The Bertz CT molecular complexity index is 943. The van der Waals surface area contributed by atoms with E-state index in [2.05, 4.69) is 10.6 Å². The molecule has 2 amide bonds. The molecule has 1 atom stereocenters. The summed E-state index contributed by atoms with van der Waals surface area (Å²) in [5.74, 6) is -1.54. The van der Waals surface area contributed by atoms with Gasteiger partial charge in [-0.2, -0.15) is 0 Å². The molecule has 3 N–H and O–H groups in total. The summed E-state index contributed by atoms with van der Waals surface area (Å²) in [6.45, 7) is 0.195. The van der Waals surface area contributed by atoms with Gasteiger partial charge in [-0.3, -0.25) is 9.59 Å². The highest BCUT2D eigenvalue weighted by atomic mass is 35.5. The molecule has 5 nitrogen and oxygen atoms in total. The van der Waals surface area contributed by atoms with E-state index in [1.54, 1.807) is 24.3 Å². The second kappa shape index (κ2) is 8.81. The summed E-state index contributed by atoms with van der Waals surface area (Å²) in [5, 5.41) is 15.8. The van der Waals surface area contributed by atoms with E-state index in [4.69, 9.17) is 11.6 Å². The van der Waals surface area contributed by atoms with Crippen LogP contribution in [0.25, 0.3) is 0 Å². The Morgan fingerprint density at radius 2 is 1.67 bits per heavy atom. The molecule has 3 aromatic rings. The predicted octanol–water partition coefficient (Wildman–Crippen LogP) is 3.74. The number of carbonyl (C=O) groups excluding carboxylic acids is 2. The number of thiophene rings is 1. The molecule has 1 heterocycles. The second-order valence-electron chi connectivity index (χ2n) is 5.73. The molecule has 27 heavy (non-hydrogen) atoms. The molecule has 0 fully saturated rings. The lowest BCUT2D eigenvalue weighted by molar-refractivity contribution is -0.136. The lowest BCUT2D eigenvalue weighted by Crippen LogP contribution is -2.34. The van der Waals surface area contributed by atoms with Gasteiger partial charge in [0.15, 0.2) is 0 Å². The zero-order chi connectivity index (χ0) is 19.2. The van der Waals surface area contributed by atoms with Crippen LogP contribution in [0, 0.1) is 0 Å². The quantitative estimate of drug-likeness (QED) is 0.571. The molecule has 0 bridgehead atoms. The monoisotopic (exact) mass is 400 g/mol. The topological polar surface area (TPSA) is 78.4 Å². The summed E-state index contributed by atoms with van der Waals surface area (Å²) < 4.78 is 0. The second-order valence-corrected chi connectivity index (χ2v) is 7.34. The summed E-state index contributed by atoms with van der Waals surface area (Å²) in [6, 6.07) is 19.6. The van der Waals surface area contributed by atoms with Crippen molar-refractivity contribution in [3.8, 4) is 0 Å². The van der Waals surface area contributed by atoms with E-state index in [1.165, 1.54) is 11.3 Å². The first-order chi connectivity index (χ1) is 13.0. The lowest BCUT2D eigenvalue weighted by atomic mass is 10.1. The number of hydrogen-bond acceptors (Lipinski definition) is 4. The minimum Gasteiger partial charge on any atom is -0.383 e.